The van der Waals surface area contributed by atoms with E-state index in [0.717, 1.165) is 31.2 Å². The van der Waals surface area contributed by atoms with E-state index in [1.54, 1.807) is 18.7 Å². The first-order valence-corrected chi connectivity index (χ1v) is 9.58. The third-order valence-electron chi connectivity index (χ3n) is 4.42. The van der Waals surface area contributed by atoms with Gasteiger partial charge in [0.2, 0.25) is 0 Å². The fourth-order valence-corrected chi connectivity index (χ4v) is 4.69. The predicted molar refractivity (Wildman–Crippen MR) is 100.0 cm³/mol. The van der Waals surface area contributed by atoms with Gasteiger partial charge in [0.25, 0.3) is 11.8 Å². The molecule has 0 radical (unpaired) electrons. The second-order valence-corrected chi connectivity index (χ2v) is 7.50. The van der Waals surface area contributed by atoms with Crippen molar-refractivity contribution in [2.45, 2.75) is 46.1 Å². The van der Waals surface area contributed by atoms with Crippen LogP contribution in [0, 0.1) is 6.92 Å². The van der Waals surface area contributed by atoms with Crippen molar-refractivity contribution < 1.29 is 9.59 Å². The molecule has 1 aliphatic carbocycles. The lowest BCUT2D eigenvalue weighted by Crippen LogP contribution is -2.23. The van der Waals surface area contributed by atoms with E-state index >= 15 is 0 Å². The minimum Gasteiger partial charge on any atom is -0.355 e. The monoisotopic (exact) mass is 380 g/mol. The molecule has 0 saturated carbocycles. The maximum atomic E-state index is 12.8. The quantitative estimate of drug-likeness (QED) is 0.853. The zero-order chi connectivity index (χ0) is 18.1. The Balaban J connectivity index is 1.99. The zero-order valence-corrected chi connectivity index (χ0v) is 16.1. The highest BCUT2D eigenvalue weighted by Gasteiger charge is 2.27. The molecular formula is C17H21ClN4O2S. The topological polar surface area (TPSA) is 76.0 Å². The average Bonchev–Trinajstić information content (AvgIpc) is 3.11. The number of hydrogen-bond donors (Lipinski definition) is 2. The Labute approximate surface area is 155 Å². The number of hydrogen-bond acceptors (Lipinski definition) is 4. The molecule has 1 aliphatic rings. The summed E-state index contributed by atoms with van der Waals surface area (Å²) in [5.74, 6) is -0.503. The van der Waals surface area contributed by atoms with Crippen molar-refractivity contribution >= 4 is 39.8 Å². The summed E-state index contributed by atoms with van der Waals surface area (Å²) >= 11 is 7.75. The van der Waals surface area contributed by atoms with Crippen molar-refractivity contribution in [3.05, 3.63) is 32.4 Å². The van der Waals surface area contributed by atoms with E-state index in [-0.39, 0.29) is 11.8 Å². The summed E-state index contributed by atoms with van der Waals surface area (Å²) in [6, 6.07) is 0. The fraction of sp³-hybridized carbons (Fsp3) is 0.471. The number of aryl methyl sites for hydroxylation is 3. The standard InChI is InChI=1S/C17H21ClN4O2S/c1-4-22-14(13(18)9(2)21-22)16(24)20-17-12(15(23)19-3)10-7-5-6-8-11(10)25-17/h4-8H2,1-3H3,(H,19,23)(H,20,24). The van der Waals surface area contributed by atoms with E-state index in [9.17, 15) is 9.59 Å². The molecule has 0 bridgehead atoms. The summed E-state index contributed by atoms with van der Waals surface area (Å²) in [5.41, 5.74) is 2.60. The van der Waals surface area contributed by atoms with Crippen LogP contribution in [0.25, 0.3) is 0 Å². The minimum absolute atomic E-state index is 0.166. The molecule has 0 aliphatic heterocycles. The smallest absolute Gasteiger partial charge is 0.276 e. The molecule has 2 heterocycles. The van der Waals surface area contributed by atoms with Gasteiger partial charge in [-0.05, 0) is 45.1 Å². The van der Waals surface area contributed by atoms with Gasteiger partial charge in [0.05, 0.1) is 16.3 Å². The lowest BCUT2D eigenvalue weighted by atomic mass is 9.95. The van der Waals surface area contributed by atoms with Gasteiger partial charge in [0.15, 0.2) is 0 Å². The van der Waals surface area contributed by atoms with Gasteiger partial charge < -0.3 is 10.6 Å². The van der Waals surface area contributed by atoms with E-state index < -0.39 is 0 Å². The third-order valence-corrected chi connectivity index (χ3v) is 6.08. The van der Waals surface area contributed by atoms with Crippen molar-refractivity contribution in [1.29, 1.82) is 0 Å². The van der Waals surface area contributed by atoms with Crippen molar-refractivity contribution in [3.63, 3.8) is 0 Å². The summed E-state index contributed by atoms with van der Waals surface area (Å²) in [5, 5.41) is 10.8. The van der Waals surface area contributed by atoms with E-state index in [1.165, 1.54) is 16.2 Å². The molecule has 8 heteroatoms. The van der Waals surface area contributed by atoms with Crippen LogP contribution in [0.1, 0.15) is 56.7 Å². The largest absolute Gasteiger partial charge is 0.355 e. The van der Waals surface area contributed by atoms with Crippen molar-refractivity contribution in [2.24, 2.45) is 0 Å². The van der Waals surface area contributed by atoms with Crippen LogP contribution in [0.4, 0.5) is 5.00 Å². The highest BCUT2D eigenvalue weighted by molar-refractivity contribution is 7.17. The van der Waals surface area contributed by atoms with E-state index in [1.807, 2.05) is 6.92 Å². The predicted octanol–water partition coefficient (Wildman–Crippen LogP) is 3.42. The number of amides is 2. The molecule has 2 aromatic heterocycles. The molecule has 2 amide bonds. The normalized spacial score (nSPS) is 13.4. The van der Waals surface area contributed by atoms with E-state index in [0.29, 0.717) is 33.5 Å². The number of fused-ring (bicyclic) bond motifs is 1. The molecule has 3 rings (SSSR count). The van der Waals surface area contributed by atoms with Crippen LogP contribution in [0.5, 0.6) is 0 Å². The number of thiophene rings is 1. The summed E-state index contributed by atoms with van der Waals surface area (Å²) in [6.45, 7) is 4.21. The lowest BCUT2D eigenvalue weighted by molar-refractivity contribution is 0.0963. The number of rotatable bonds is 4. The second-order valence-electron chi connectivity index (χ2n) is 6.01. The first-order valence-electron chi connectivity index (χ1n) is 8.38. The molecule has 0 saturated heterocycles. The Morgan fingerprint density at radius 2 is 2.00 bits per heavy atom. The van der Waals surface area contributed by atoms with Gasteiger partial charge in [-0.1, -0.05) is 11.6 Å². The summed E-state index contributed by atoms with van der Waals surface area (Å²) in [6.07, 6.45) is 4.00. The molecule has 0 aromatic carbocycles. The number of nitrogens with zero attached hydrogens (tertiary/aromatic N) is 2. The average molecular weight is 381 g/mol. The number of halogens is 1. The first-order chi connectivity index (χ1) is 12.0. The molecule has 6 nitrogen and oxygen atoms in total. The zero-order valence-electron chi connectivity index (χ0n) is 14.5. The highest BCUT2D eigenvalue weighted by atomic mass is 35.5. The molecular weight excluding hydrogens is 360 g/mol. The van der Waals surface area contributed by atoms with Gasteiger partial charge in [-0.3, -0.25) is 14.3 Å². The molecule has 0 unspecified atom stereocenters. The molecule has 2 N–H and O–H groups in total. The van der Waals surface area contributed by atoms with Gasteiger partial charge in [0.1, 0.15) is 10.7 Å². The lowest BCUT2D eigenvalue weighted by Gasteiger charge is -2.12. The van der Waals surface area contributed by atoms with Crippen molar-refractivity contribution in [1.82, 2.24) is 15.1 Å². The number of aromatic nitrogens is 2. The Bertz CT molecular complexity index is 840. The molecule has 2 aromatic rings. The SMILES string of the molecule is CCn1nc(C)c(Cl)c1C(=O)Nc1sc2c(c1C(=O)NC)CCCC2. The molecule has 134 valence electrons. The summed E-state index contributed by atoms with van der Waals surface area (Å²) in [7, 11) is 1.60. The Morgan fingerprint density at radius 1 is 1.28 bits per heavy atom. The van der Waals surface area contributed by atoms with Crippen LogP contribution in [0.3, 0.4) is 0 Å². The van der Waals surface area contributed by atoms with Crippen LogP contribution >= 0.6 is 22.9 Å². The van der Waals surface area contributed by atoms with Crippen LogP contribution in [-0.2, 0) is 19.4 Å². The summed E-state index contributed by atoms with van der Waals surface area (Å²) in [4.78, 5) is 26.4. The summed E-state index contributed by atoms with van der Waals surface area (Å²) < 4.78 is 1.58. The maximum absolute atomic E-state index is 12.8. The maximum Gasteiger partial charge on any atom is 0.276 e. The van der Waals surface area contributed by atoms with Crippen LogP contribution in [0.2, 0.25) is 5.02 Å². The van der Waals surface area contributed by atoms with Crippen molar-refractivity contribution in [3.8, 4) is 0 Å². The van der Waals surface area contributed by atoms with Gasteiger partial charge >= 0.3 is 0 Å². The number of carbonyl (C=O) groups excluding carboxylic acids is 2. The van der Waals surface area contributed by atoms with Gasteiger partial charge in [-0.2, -0.15) is 5.10 Å². The molecule has 0 atom stereocenters. The van der Waals surface area contributed by atoms with Crippen molar-refractivity contribution in [2.75, 3.05) is 12.4 Å². The Hall–Kier alpha value is -1.86. The van der Waals surface area contributed by atoms with Gasteiger partial charge in [-0.15, -0.1) is 11.3 Å². The van der Waals surface area contributed by atoms with E-state index in [2.05, 4.69) is 15.7 Å². The minimum atomic E-state index is -0.337. The van der Waals surface area contributed by atoms with Gasteiger partial charge in [-0.25, -0.2) is 0 Å². The third kappa shape index (κ3) is 3.18. The first kappa shape index (κ1) is 17.9. The molecule has 0 fully saturated rings. The van der Waals surface area contributed by atoms with Crippen LogP contribution in [-0.4, -0.2) is 28.6 Å². The molecule has 25 heavy (non-hydrogen) atoms. The fourth-order valence-electron chi connectivity index (χ4n) is 3.19. The number of nitrogens with one attached hydrogen (secondary N) is 2. The Morgan fingerprint density at radius 3 is 2.68 bits per heavy atom. The second kappa shape index (κ2) is 7.17. The van der Waals surface area contributed by atoms with E-state index in [4.69, 9.17) is 11.6 Å². The van der Waals surface area contributed by atoms with Gasteiger partial charge in [0, 0.05) is 18.5 Å². The highest BCUT2D eigenvalue weighted by Crippen LogP contribution is 2.38. The Kier molecular flexibility index (Phi) is 5.15. The van der Waals surface area contributed by atoms with Crippen LogP contribution in [0.15, 0.2) is 0 Å². The molecule has 0 spiro atoms. The van der Waals surface area contributed by atoms with Crippen LogP contribution < -0.4 is 10.6 Å². The number of anilines is 1. The number of carbonyl (C=O) groups is 2.